The van der Waals surface area contributed by atoms with Crippen molar-refractivity contribution in [3.8, 4) is 0 Å². The Hall–Kier alpha value is -2.28. The number of carbonyl (C=O) groups excluding carboxylic acids is 1. The highest BCUT2D eigenvalue weighted by atomic mass is 79.9. The highest BCUT2D eigenvalue weighted by Crippen LogP contribution is 2.14. The molecule has 0 aliphatic rings. The Balaban J connectivity index is 1.71. The first-order chi connectivity index (χ1) is 12.5. The normalized spacial score (nSPS) is 11.3. The second kappa shape index (κ2) is 10.0. The number of aliphatic imine (C=N–C) groups is 1. The molecular formula is C19H26BrN5O. The molecule has 2 rings (SSSR count). The summed E-state index contributed by atoms with van der Waals surface area (Å²) in [5.74, 6) is 0.790. The van der Waals surface area contributed by atoms with E-state index < -0.39 is 0 Å². The quantitative estimate of drug-likeness (QED) is 0.411. The molecule has 0 atom stereocenters. The van der Waals surface area contributed by atoms with Crippen molar-refractivity contribution in [3.05, 3.63) is 58.3 Å². The fourth-order valence-corrected chi connectivity index (χ4v) is 3.18. The lowest BCUT2D eigenvalue weighted by molar-refractivity contribution is 0.0953. The van der Waals surface area contributed by atoms with E-state index in [0.29, 0.717) is 12.1 Å². The molecule has 0 bridgehead atoms. The minimum absolute atomic E-state index is 0.0404. The van der Waals surface area contributed by atoms with Gasteiger partial charge in [0.15, 0.2) is 5.96 Å². The zero-order valence-electron chi connectivity index (χ0n) is 15.5. The average Bonchev–Trinajstić information content (AvgIpc) is 2.95. The van der Waals surface area contributed by atoms with Gasteiger partial charge in [0.25, 0.3) is 5.91 Å². The first-order valence-electron chi connectivity index (χ1n) is 8.57. The van der Waals surface area contributed by atoms with Crippen LogP contribution in [0.25, 0.3) is 0 Å². The summed E-state index contributed by atoms with van der Waals surface area (Å²) in [7, 11) is 5.81. The van der Waals surface area contributed by atoms with Gasteiger partial charge in [-0.2, -0.15) is 0 Å². The SMILES string of the molecule is CN=C(NCCCNC(=O)c1ccccc1)N(C)Cc1cc(Br)cn1C. The third-order valence-electron chi connectivity index (χ3n) is 4.01. The van der Waals surface area contributed by atoms with E-state index >= 15 is 0 Å². The van der Waals surface area contributed by atoms with E-state index in [1.807, 2.05) is 50.6 Å². The van der Waals surface area contributed by atoms with Gasteiger partial charge in [0.05, 0.1) is 6.54 Å². The lowest BCUT2D eigenvalue weighted by atomic mass is 10.2. The van der Waals surface area contributed by atoms with Crippen LogP contribution in [0.15, 0.2) is 52.1 Å². The van der Waals surface area contributed by atoms with Gasteiger partial charge in [-0.3, -0.25) is 9.79 Å². The van der Waals surface area contributed by atoms with E-state index in [1.165, 1.54) is 5.69 Å². The predicted octanol–water partition coefficient (Wildman–Crippen LogP) is 2.61. The fraction of sp³-hybridized carbons (Fsp3) is 0.368. The summed E-state index contributed by atoms with van der Waals surface area (Å²) in [6.07, 6.45) is 2.86. The van der Waals surface area contributed by atoms with Crippen LogP contribution in [0, 0.1) is 0 Å². The molecule has 2 N–H and O–H groups in total. The number of carbonyl (C=O) groups is 1. The molecule has 0 fully saturated rings. The molecule has 140 valence electrons. The monoisotopic (exact) mass is 419 g/mol. The van der Waals surface area contributed by atoms with Gasteiger partial charge >= 0.3 is 0 Å². The lowest BCUT2D eigenvalue weighted by Gasteiger charge is -2.22. The van der Waals surface area contributed by atoms with E-state index in [0.717, 1.165) is 29.9 Å². The second-order valence-electron chi connectivity index (χ2n) is 6.07. The Kier molecular flexibility index (Phi) is 7.72. The highest BCUT2D eigenvalue weighted by molar-refractivity contribution is 9.10. The van der Waals surface area contributed by atoms with Crippen molar-refractivity contribution in [2.24, 2.45) is 12.0 Å². The molecule has 1 amide bonds. The molecule has 6 nitrogen and oxygen atoms in total. The summed E-state index contributed by atoms with van der Waals surface area (Å²) in [6, 6.07) is 11.3. The summed E-state index contributed by atoms with van der Waals surface area (Å²) in [6.45, 7) is 2.11. The predicted molar refractivity (Wildman–Crippen MR) is 109 cm³/mol. The van der Waals surface area contributed by atoms with Gasteiger partial charge in [0, 0.05) is 56.2 Å². The number of rotatable bonds is 7. The maximum atomic E-state index is 12.0. The van der Waals surface area contributed by atoms with Crippen LogP contribution in [0.5, 0.6) is 0 Å². The summed E-state index contributed by atoms with van der Waals surface area (Å²) in [4.78, 5) is 18.4. The number of hydrogen-bond acceptors (Lipinski definition) is 2. The van der Waals surface area contributed by atoms with Gasteiger partial charge in [-0.25, -0.2) is 0 Å². The molecule has 2 aromatic rings. The van der Waals surface area contributed by atoms with Crippen LogP contribution in [-0.2, 0) is 13.6 Å². The number of hydrogen-bond donors (Lipinski definition) is 2. The first-order valence-corrected chi connectivity index (χ1v) is 9.36. The molecule has 0 saturated heterocycles. The molecule has 0 aliphatic heterocycles. The number of aromatic nitrogens is 1. The molecule has 0 saturated carbocycles. The zero-order valence-corrected chi connectivity index (χ0v) is 17.1. The van der Waals surface area contributed by atoms with Gasteiger partial charge in [-0.15, -0.1) is 0 Å². The molecule has 7 heteroatoms. The summed E-state index contributed by atoms with van der Waals surface area (Å²) in [5.41, 5.74) is 1.88. The summed E-state index contributed by atoms with van der Waals surface area (Å²) < 4.78 is 3.16. The van der Waals surface area contributed by atoms with Crippen LogP contribution in [0.2, 0.25) is 0 Å². The van der Waals surface area contributed by atoms with Crippen molar-refractivity contribution in [3.63, 3.8) is 0 Å². The van der Waals surface area contributed by atoms with Crippen LogP contribution in [-0.4, -0.2) is 48.5 Å². The number of nitrogens with one attached hydrogen (secondary N) is 2. The standard InChI is InChI=1S/C19H26BrN5O/c1-21-19(25(3)14-17-12-16(20)13-24(17)2)23-11-7-10-22-18(26)15-8-5-4-6-9-15/h4-6,8-9,12-13H,7,10-11,14H2,1-3H3,(H,21,23)(H,22,26). The van der Waals surface area contributed by atoms with Crippen molar-refractivity contribution in [2.45, 2.75) is 13.0 Å². The van der Waals surface area contributed by atoms with E-state index in [-0.39, 0.29) is 5.91 Å². The van der Waals surface area contributed by atoms with Crippen molar-refractivity contribution in [2.75, 3.05) is 27.2 Å². The van der Waals surface area contributed by atoms with Crippen molar-refractivity contribution in [1.29, 1.82) is 0 Å². The largest absolute Gasteiger partial charge is 0.356 e. The van der Waals surface area contributed by atoms with E-state index in [9.17, 15) is 4.79 Å². The number of guanidine groups is 1. The molecule has 1 aromatic carbocycles. The molecule has 1 heterocycles. The molecule has 26 heavy (non-hydrogen) atoms. The Morgan fingerprint density at radius 1 is 1.23 bits per heavy atom. The van der Waals surface area contributed by atoms with Crippen LogP contribution in [0.1, 0.15) is 22.5 Å². The van der Waals surface area contributed by atoms with Gasteiger partial charge in [-0.1, -0.05) is 18.2 Å². The van der Waals surface area contributed by atoms with Crippen molar-refractivity contribution in [1.82, 2.24) is 20.1 Å². The fourth-order valence-electron chi connectivity index (χ4n) is 2.61. The summed E-state index contributed by atoms with van der Waals surface area (Å²) in [5, 5.41) is 6.26. The highest BCUT2D eigenvalue weighted by Gasteiger charge is 2.09. The van der Waals surface area contributed by atoms with Crippen LogP contribution < -0.4 is 10.6 Å². The number of benzene rings is 1. The molecule has 1 aromatic heterocycles. The molecule has 0 spiro atoms. The molecule has 0 radical (unpaired) electrons. The lowest BCUT2D eigenvalue weighted by Crippen LogP contribution is -2.40. The number of amides is 1. The van der Waals surface area contributed by atoms with E-state index in [2.05, 4.69) is 47.1 Å². The minimum atomic E-state index is -0.0404. The van der Waals surface area contributed by atoms with Gasteiger partial charge in [0.1, 0.15) is 0 Å². The van der Waals surface area contributed by atoms with Crippen LogP contribution >= 0.6 is 15.9 Å². The maximum absolute atomic E-state index is 12.0. The van der Waals surface area contributed by atoms with Gasteiger partial charge in [-0.05, 0) is 40.5 Å². The Bertz CT molecular complexity index is 742. The van der Waals surface area contributed by atoms with Crippen molar-refractivity contribution >= 4 is 27.8 Å². The number of halogens is 1. The average molecular weight is 420 g/mol. The Labute approximate surface area is 163 Å². The minimum Gasteiger partial charge on any atom is -0.356 e. The van der Waals surface area contributed by atoms with Gasteiger partial charge < -0.3 is 20.1 Å². The molecular weight excluding hydrogens is 394 g/mol. The third kappa shape index (κ3) is 5.91. The second-order valence-corrected chi connectivity index (χ2v) is 6.98. The molecule has 0 unspecified atom stereocenters. The van der Waals surface area contributed by atoms with Gasteiger partial charge in [0.2, 0.25) is 0 Å². The van der Waals surface area contributed by atoms with E-state index in [1.54, 1.807) is 7.05 Å². The maximum Gasteiger partial charge on any atom is 0.251 e. The third-order valence-corrected chi connectivity index (χ3v) is 4.44. The van der Waals surface area contributed by atoms with E-state index in [4.69, 9.17) is 0 Å². The smallest absolute Gasteiger partial charge is 0.251 e. The number of nitrogens with zero attached hydrogens (tertiary/aromatic N) is 3. The molecule has 0 aliphatic carbocycles. The Morgan fingerprint density at radius 3 is 2.54 bits per heavy atom. The van der Waals surface area contributed by atoms with Crippen molar-refractivity contribution < 1.29 is 4.79 Å². The zero-order chi connectivity index (χ0) is 18.9. The van der Waals surface area contributed by atoms with Crippen LogP contribution in [0.3, 0.4) is 0 Å². The number of aryl methyl sites for hydroxylation is 1. The van der Waals surface area contributed by atoms with Crippen LogP contribution in [0.4, 0.5) is 0 Å². The first kappa shape index (κ1) is 20.0. The topological polar surface area (TPSA) is 61.7 Å². The Morgan fingerprint density at radius 2 is 1.92 bits per heavy atom. The summed E-state index contributed by atoms with van der Waals surface area (Å²) >= 11 is 3.49.